The molecule has 0 aliphatic carbocycles. The lowest BCUT2D eigenvalue weighted by Gasteiger charge is -2.21. The standard InChI is InChI=1S/C17H26N4/c1-14(2)17(18)16-12-19-13-21(16)11-7-10-20(3)15-8-5-4-6-9-15/h4-6,8-9,12-14,17H,7,10-11,18H2,1-3H3. The van der Waals surface area contributed by atoms with Gasteiger partial charge in [-0.05, 0) is 24.5 Å². The summed E-state index contributed by atoms with van der Waals surface area (Å²) in [5, 5.41) is 0. The number of para-hydroxylation sites is 1. The van der Waals surface area contributed by atoms with Gasteiger partial charge >= 0.3 is 0 Å². The van der Waals surface area contributed by atoms with Gasteiger partial charge in [0, 0.05) is 38.1 Å². The topological polar surface area (TPSA) is 47.1 Å². The Morgan fingerprint density at radius 3 is 2.62 bits per heavy atom. The molecule has 0 bridgehead atoms. The van der Waals surface area contributed by atoms with Crippen molar-refractivity contribution in [2.24, 2.45) is 11.7 Å². The highest BCUT2D eigenvalue weighted by atomic mass is 15.1. The molecule has 0 aliphatic heterocycles. The third-order valence-corrected chi connectivity index (χ3v) is 3.89. The molecule has 0 saturated heterocycles. The molecule has 4 nitrogen and oxygen atoms in total. The Labute approximate surface area is 127 Å². The molecule has 2 N–H and O–H groups in total. The quantitative estimate of drug-likeness (QED) is 0.851. The molecular formula is C17H26N4. The predicted octanol–water partition coefficient (Wildman–Crippen LogP) is 3.07. The second kappa shape index (κ2) is 7.27. The van der Waals surface area contributed by atoms with E-state index in [-0.39, 0.29) is 6.04 Å². The summed E-state index contributed by atoms with van der Waals surface area (Å²) < 4.78 is 2.18. The highest BCUT2D eigenvalue weighted by Gasteiger charge is 2.14. The number of aryl methyl sites for hydroxylation is 1. The molecule has 1 atom stereocenters. The molecule has 0 radical (unpaired) electrons. The average molecular weight is 286 g/mol. The maximum Gasteiger partial charge on any atom is 0.0948 e. The van der Waals surface area contributed by atoms with Gasteiger partial charge in [-0.25, -0.2) is 4.98 Å². The summed E-state index contributed by atoms with van der Waals surface area (Å²) in [5.74, 6) is 0.424. The number of rotatable bonds is 7. The Balaban J connectivity index is 1.88. The maximum atomic E-state index is 6.23. The number of aromatic nitrogens is 2. The van der Waals surface area contributed by atoms with Gasteiger partial charge in [0.2, 0.25) is 0 Å². The van der Waals surface area contributed by atoms with E-state index in [0.29, 0.717) is 5.92 Å². The van der Waals surface area contributed by atoms with E-state index in [1.807, 2.05) is 18.6 Å². The predicted molar refractivity (Wildman–Crippen MR) is 88.3 cm³/mol. The second-order valence-electron chi connectivity index (χ2n) is 5.89. The molecule has 0 aliphatic rings. The molecule has 0 spiro atoms. The van der Waals surface area contributed by atoms with Gasteiger partial charge in [-0.3, -0.25) is 0 Å². The summed E-state index contributed by atoms with van der Waals surface area (Å²) in [5.41, 5.74) is 8.62. The fourth-order valence-electron chi connectivity index (χ4n) is 2.43. The first-order chi connectivity index (χ1) is 10.1. The van der Waals surface area contributed by atoms with Crippen LogP contribution >= 0.6 is 0 Å². The minimum absolute atomic E-state index is 0.0550. The van der Waals surface area contributed by atoms with E-state index in [1.54, 1.807) is 0 Å². The summed E-state index contributed by atoms with van der Waals surface area (Å²) in [6.45, 7) is 6.25. The fourth-order valence-corrected chi connectivity index (χ4v) is 2.43. The third kappa shape index (κ3) is 4.08. The number of anilines is 1. The molecular weight excluding hydrogens is 260 g/mol. The molecule has 1 heterocycles. The van der Waals surface area contributed by atoms with Gasteiger partial charge in [0.25, 0.3) is 0 Å². The van der Waals surface area contributed by atoms with E-state index in [4.69, 9.17) is 5.73 Å². The number of nitrogens with zero attached hydrogens (tertiary/aromatic N) is 3. The summed E-state index contributed by atoms with van der Waals surface area (Å²) in [7, 11) is 2.13. The first-order valence-electron chi connectivity index (χ1n) is 7.61. The summed E-state index contributed by atoms with van der Waals surface area (Å²) >= 11 is 0. The molecule has 1 aromatic carbocycles. The van der Waals surface area contributed by atoms with Gasteiger partial charge < -0.3 is 15.2 Å². The Hall–Kier alpha value is -1.81. The molecule has 114 valence electrons. The summed E-state index contributed by atoms with van der Waals surface area (Å²) in [4.78, 5) is 6.53. The normalized spacial score (nSPS) is 12.6. The molecule has 2 rings (SSSR count). The minimum atomic E-state index is 0.0550. The lowest BCUT2D eigenvalue weighted by molar-refractivity contribution is 0.473. The van der Waals surface area contributed by atoms with Crippen molar-refractivity contribution in [2.75, 3.05) is 18.5 Å². The Morgan fingerprint density at radius 1 is 1.24 bits per heavy atom. The first kappa shape index (κ1) is 15.6. The van der Waals surface area contributed by atoms with E-state index in [9.17, 15) is 0 Å². The SMILES string of the molecule is CC(C)C(N)c1cncn1CCCN(C)c1ccccc1. The number of hydrogen-bond acceptors (Lipinski definition) is 3. The number of imidazole rings is 1. The van der Waals surface area contributed by atoms with Crippen LogP contribution in [0.4, 0.5) is 5.69 Å². The van der Waals surface area contributed by atoms with Gasteiger partial charge in [0.1, 0.15) is 0 Å². The molecule has 0 fully saturated rings. The van der Waals surface area contributed by atoms with Crippen LogP contribution in [0.15, 0.2) is 42.9 Å². The number of nitrogens with two attached hydrogens (primary N) is 1. The molecule has 0 saturated carbocycles. The molecule has 2 aromatic rings. The van der Waals surface area contributed by atoms with Gasteiger partial charge in [0.15, 0.2) is 0 Å². The lowest BCUT2D eigenvalue weighted by Crippen LogP contribution is -2.23. The van der Waals surface area contributed by atoms with E-state index in [2.05, 4.69) is 59.6 Å². The van der Waals surface area contributed by atoms with Gasteiger partial charge in [-0.2, -0.15) is 0 Å². The van der Waals surface area contributed by atoms with Crippen LogP contribution in [0.25, 0.3) is 0 Å². The van der Waals surface area contributed by atoms with Crippen LogP contribution in [0, 0.1) is 5.92 Å². The van der Waals surface area contributed by atoms with Gasteiger partial charge in [0.05, 0.1) is 12.0 Å². The van der Waals surface area contributed by atoms with E-state index in [0.717, 1.165) is 25.2 Å². The van der Waals surface area contributed by atoms with E-state index < -0.39 is 0 Å². The Morgan fingerprint density at radius 2 is 1.95 bits per heavy atom. The summed E-state index contributed by atoms with van der Waals surface area (Å²) in [6, 6.07) is 10.5. The van der Waals surface area contributed by atoms with Gasteiger partial charge in [-0.1, -0.05) is 32.0 Å². The Kier molecular flexibility index (Phi) is 5.39. The fraction of sp³-hybridized carbons (Fsp3) is 0.471. The van der Waals surface area contributed by atoms with Crippen molar-refractivity contribution in [3.8, 4) is 0 Å². The number of hydrogen-bond donors (Lipinski definition) is 1. The van der Waals surface area contributed by atoms with Crippen LogP contribution in [-0.2, 0) is 6.54 Å². The monoisotopic (exact) mass is 286 g/mol. The molecule has 21 heavy (non-hydrogen) atoms. The zero-order valence-electron chi connectivity index (χ0n) is 13.2. The van der Waals surface area contributed by atoms with Crippen LogP contribution < -0.4 is 10.6 Å². The van der Waals surface area contributed by atoms with Crippen LogP contribution in [0.5, 0.6) is 0 Å². The van der Waals surface area contributed by atoms with Crippen molar-refractivity contribution in [1.82, 2.24) is 9.55 Å². The minimum Gasteiger partial charge on any atom is -0.375 e. The van der Waals surface area contributed by atoms with Crippen molar-refractivity contribution < 1.29 is 0 Å². The lowest BCUT2D eigenvalue weighted by atomic mass is 10.0. The van der Waals surface area contributed by atoms with E-state index >= 15 is 0 Å². The molecule has 4 heteroatoms. The van der Waals surface area contributed by atoms with Crippen LogP contribution in [-0.4, -0.2) is 23.1 Å². The molecule has 0 amide bonds. The smallest absolute Gasteiger partial charge is 0.0948 e. The second-order valence-corrected chi connectivity index (χ2v) is 5.89. The zero-order chi connectivity index (χ0) is 15.2. The van der Waals surface area contributed by atoms with E-state index in [1.165, 1.54) is 5.69 Å². The van der Waals surface area contributed by atoms with Crippen LogP contribution in [0.2, 0.25) is 0 Å². The highest BCUT2D eigenvalue weighted by Crippen LogP contribution is 2.19. The zero-order valence-corrected chi connectivity index (χ0v) is 13.2. The third-order valence-electron chi connectivity index (χ3n) is 3.89. The van der Waals surface area contributed by atoms with Gasteiger partial charge in [-0.15, -0.1) is 0 Å². The van der Waals surface area contributed by atoms with Crippen molar-refractivity contribution in [3.63, 3.8) is 0 Å². The van der Waals surface area contributed by atoms with Crippen molar-refractivity contribution in [2.45, 2.75) is 32.9 Å². The highest BCUT2D eigenvalue weighted by molar-refractivity contribution is 5.44. The van der Waals surface area contributed by atoms with Crippen molar-refractivity contribution in [1.29, 1.82) is 0 Å². The van der Waals surface area contributed by atoms with Crippen molar-refractivity contribution in [3.05, 3.63) is 48.5 Å². The molecule has 1 aromatic heterocycles. The summed E-state index contributed by atoms with van der Waals surface area (Å²) in [6.07, 6.45) is 4.85. The van der Waals surface area contributed by atoms with Crippen LogP contribution in [0.1, 0.15) is 32.0 Å². The van der Waals surface area contributed by atoms with Crippen molar-refractivity contribution >= 4 is 5.69 Å². The Bertz CT molecular complexity index is 533. The number of benzene rings is 1. The average Bonchev–Trinajstić information content (AvgIpc) is 2.95. The largest absolute Gasteiger partial charge is 0.375 e. The van der Waals surface area contributed by atoms with Crippen LogP contribution in [0.3, 0.4) is 0 Å². The first-order valence-corrected chi connectivity index (χ1v) is 7.61. The molecule has 1 unspecified atom stereocenters. The maximum absolute atomic E-state index is 6.23.